The maximum Gasteiger partial charge on any atom is 0.332 e. The van der Waals surface area contributed by atoms with E-state index in [4.69, 9.17) is 17.2 Å². The molecule has 0 saturated heterocycles. The topological polar surface area (TPSA) is 254 Å². The summed E-state index contributed by atoms with van der Waals surface area (Å²) in [6, 6.07) is 0.257. The molecule has 0 heterocycles. The van der Waals surface area contributed by atoms with Crippen LogP contribution in [-0.4, -0.2) is 54.1 Å². The van der Waals surface area contributed by atoms with Crippen LogP contribution in [0.15, 0.2) is 33.5 Å². The molecule has 1 aromatic carbocycles. The van der Waals surface area contributed by atoms with Gasteiger partial charge >= 0.3 is 18.1 Å². The predicted octanol–water partition coefficient (Wildman–Crippen LogP) is -1.80. The Kier molecular flexibility index (Phi) is 8.48. The van der Waals surface area contributed by atoms with Crippen LogP contribution in [0.5, 0.6) is 0 Å². The van der Waals surface area contributed by atoms with E-state index in [0.717, 1.165) is 18.2 Å². The van der Waals surface area contributed by atoms with Gasteiger partial charge in [-0.2, -0.15) is 15.3 Å². The van der Waals surface area contributed by atoms with Gasteiger partial charge in [0, 0.05) is 16.7 Å². The maximum atomic E-state index is 12.2. The molecular formula is C15H15N9O6. The number of Topliss-reactive ketones (excluding diaryl/α,β-unsaturated/α-hetero) is 3. The van der Waals surface area contributed by atoms with Crippen molar-refractivity contribution in [2.75, 3.05) is 0 Å². The molecule has 15 heteroatoms. The van der Waals surface area contributed by atoms with E-state index in [0.29, 0.717) is 18.6 Å². The molecule has 0 aliphatic carbocycles. The van der Waals surface area contributed by atoms with Gasteiger partial charge in [-0.3, -0.25) is 14.4 Å². The molecule has 0 saturated carbocycles. The summed E-state index contributed by atoms with van der Waals surface area (Å²) in [6.07, 6.45) is 2.07. The number of carbonyl (C=O) groups is 6. The number of nitrogens with zero attached hydrogens (tertiary/aromatic N) is 3. The Hall–Kier alpha value is -4.95. The number of nitrogens with two attached hydrogens (primary N) is 3. The number of hydrogen-bond donors (Lipinski definition) is 6. The average Bonchev–Trinajstić information content (AvgIpc) is 2.66. The van der Waals surface area contributed by atoms with Crippen LogP contribution in [0, 0.1) is 0 Å². The van der Waals surface area contributed by atoms with Gasteiger partial charge in [-0.15, -0.1) is 0 Å². The van der Waals surface area contributed by atoms with E-state index in [-0.39, 0.29) is 16.7 Å². The molecule has 6 amide bonds. The lowest BCUT2D eigenvalue weighted by atomic mass is 9.99. The van der Waals surface area contributed by atoms with E-state index < -0.39 is 35.4 Å². The summed E-state index contributed by atoms with van der Waals surface area (Å²) in [5.74, 6) is -2.40. The monoisotopic (exact) mass is 417 g/mol. The van der Waals surface area contributed by atoms with Crippen LogP contribution in [0.2, 0.25) is 0 Å². The van der Waals surface area contributed by atoms with Gasteiger partial charge in [-0.1, -0.05) is 0 Å². The maximum absolute atomic E-state index is 12.2. The highest BCUT2D eigenvalue weighted by Crippen LogP contribution is 2.12. The van der Waals surface area contributed by atoms with Gasteiger partial charge in [0.1, 0.15) is 0 Å². The van der Waals surface area contributed by atoms with Crippen molar-refractivity contribution < 1.29 is 28.8 Å². The highest BCUT2D eigenvalue weighted by atomic mass is 16.2. The number of ketones is 3. The molecule has 0 spiro atoms. The normalized spacial score (nSPS) is 10.8. The molecule has 15 nitrogen and oxygen atoms in total. The number of urea groups is 3. The van der Waals surface area contributed by atoms with Gasteiger partial charge < -0.3 is 17.2 Å². The van der Waals surface area contributed by atoms with Crippen LogP contribution >= 0.6 is 0 Å². The molecule has 0 aliphatic rings. The number of hydrazone groups is 3. The Bertz CT molecular complexity index is 847. The van der Waals surface area contributed by atoms with Gasteiger partial charge in [0.15, 0.2) is 0 Å². The number of hydrogen-bond acceptors (Lipinski definition) is 9. The lowest BCUT2D eigenvalue weighted by Crippen LogP contribution is -2.25. The van der Waals surface area contributed by atoms with Crippen molar-refractivity contribution in [1.82, 2.24) is 16.3 Å². The van der Waals surface area contributed by atoms with Crippen LogP contribution in [0.3, 0.4) is 0 Å². The first kappa shape index (κ1) is 23.1. The van der Waals surface area contributed by atoms with E-state index in [9.17, 15) is 28.8 Å². The fourth-order valence-electron chi connectivity index (χ4n) is 1.74. The largest absolute Gasteiger partial charge is 0.350 e. The fourth-order valence-corrected chi connectivity index (χ4v) is 1.74. The highest BCUT2D eigenvalue weighted by molar-refractivity contribution is 6.40. The standard InChI is InChI=1S/C15H15N9O6/c16-13(28)22-19-4-10(25)7-1-8(11(26)5-20-23-14(17)29)3-9(2-7)12(27)6-21-24-15(18)30/h1-6H,(H3,16,22,28)(H3,17,23,29)(H3,18,24,30). The zero-order valence-corrected chi connectivity index (χ0v) is 15.0. The van der Waals surface area contributed by atoms with Crippen LogP contribution in [-0.2, 0) is 0 Å². The molecule has 0 radical (unpaired) electrons. The van der Waals surface area contributed by atoms with Crippen LogP contribution in [0.1, 0.15) is 31.1 Å². The molecule has 0 atom stereocenters. The number of amides is 6. The molecule has 156 valence electrons. The van der Waals surface area contributed by atoms with Gasteiger partial charge in [-0.05, 0) is 18.2 Å². The summed E-state index contributed by atoms with van der Waals surface area (Å²) in [5, 5.41) is 9.87. The molecule has 30 heavy (non-hydrogen) atoms. The molecule has 9 N–H and O–H groups in total. The second-order valence-electron chi connectivity index (χ2n) is 5.09. The third kappa shape index (κ3) is 8.16. The van der Waals surface area contributed by atoms with Gasteiger partial charge in [0.2, 0.25) is 17.3 Å². The lowest BCUT2D eigenvalue weighted by Gasteiger charge is -2.04. The highest BCUT2D eigenvalue weighted by Gasteiger charge is 2.14. The summed E-state index contributed by atoms with van der Waals surface area (Å²) in [6.45, 7) is 0. The van der Waals surface area contributed by atoms with Crippen molar-refractivity contribution in [1.29, 1.82) is 0 Å². The zero-order chi connectivity index (χ0) is 22.7. The van der Waals surface area contributed by atoms with Crippen molar-refractivity contribution in [3.8, 4) is 0 Å². The van der Waals surface area contributed by atoms with Crippen LogP contribution < -0.4 is 33.5 Å². The molecule has 0 bridgehead atoms. The second-order valence-corrected chi connectivity index (χ2v) is 5.09. The van der Waals surface area contributed by atoms with Crippen LogP contribution in [0.4, 0.5) is 14.4 Å². The second kappa shape index (κ2) is 11.0. The van der Waals surface area contributed by atoms with Gasteiger partial charge in [-0.25, -0.2) is 30.7 Å². The van der Waals surface area contributed by atoms with Crippen molar-refractivity contribution in [3.63, 3.8) is 0 Å². The van der Waals surface area contributed by atoms with Crippen molar-refractivity contribution >= 4 is 54.1 Å². The lowest BCUT2D eigenvalue weighted by molar-refractivity contribution is 0.106. The predicted molar refractivity (Wildman–Crippen MR) is 103 cm³/mol. The molecule has 0 unspecified atom stereocenters. The first-order chi connectivity index (χ1) is 14.1. The minimum atomic E-state index is -1.02. The first-order valence-electron chi connectivity index (χ1n) is 7.63. The van der Waals surface area contributed by atoms with E-state index in [1.165, 1.54) is 0 Å². The summed E-state index contributed by atoms with van der Waals surface area (Å²) < 4.78 is 0. The SMILES string of the molecule is NC(=O)NN=CC(=O)c1cc(C(=O)C=NNC(N)=O)cc(C(=O)C=NNC(N)=O)c1. The van der Waals surface area contributed by atoms with E-state index in [2.05, 4.69) is 15.3 Å². The van der Waals surface area contributed by atoms with E-state index >= 15 is 0 Å². The van der Waals surface area contributed by atoms with Crippen molar-refractivity contribution in [2.24, 2.45) is 32.5 Å². The molecule has 0 aromatic heterocycles. The average molecular weight is 417 g/mol. The minimum absolute atomic E-state index is 0.174. The molecular weight excluding hydrogens is 402 g/mol. The van der Waals surface area contributed by atoms with Crippen molar-refractivity contribution in [3.05, 3.63) is 34.9 Å². The third-order valence-electron chi connectivity index (χ3n) is 2.86. The molecule has 0 aliphatic heterocycles. The van der Waals surface area contributed by atoms with Crippen LogP contribution in [0.25, 0.3) is 0 Å². The summed E-state index contributed by atoms with van der Waals surface area (Å²) in [5.41, 5.74) is 19.3. The number of carbonyl (C=O) groups excluding carboxylic acids is 6. The fraction of sp³-hybridized carbons (Fsp3) is 0. The number of nitrogens with one attached hydrogen (secondary N) is 3. The Morgan fingerprint density at radius 3 is 1.00 bits per heavy atom. The molecule has 0 fully saturated rings. The Morgan fingerprint density at radius 2 is 0.800 bits per heavy atom. The van der Waals surface area contributed by atoms with E-state index in [1.54, 1.807) is 16.3 Å². The molecule has 1 aromatic rings. The smallest absolute Gasteiger partial charge is 0.332 e. The number of rotatable bonds is 9. The molecule has 1 rings (SSSR count). The minimum Gasteiger partial charge on any atom is -0.350 e. The number of primary amides is 3. The Balaban J connectivity index is 3.27. The Morgan fingerprint density at radius 1 is 0.567 bits per heavy atom. The summed E-state index contributed by atoms with van der Waals surface area (Å²) >= 11 is 0. The first-order valence-corrected chi connectivity index (χ1v) is 7.63. The van der Waals surface area contributed by atoms with Gasteiger partial charge in [0.05, 0.1) is 18.6 Å². The number of benzene rings is 1. The summed E-state index contributed by atoms with van der Waals surface area (Å²) in [7, 11) is 0. The third-order valence-corrected chi connectivity index (χ3v) is 2.86. The van der Waals surface area contributed by atoms with Gasteiger partial charge in [0.25, 0.3) is 0 Å². The quantitative estimate of drug-likeness (QED) is 0.153. The Labute approximate surface area is 167 Å². The van der Waals surface area contributed by atoms with E-state index in [1.807, 2.05) is 0 Å². The summed E-state index contributed by atoms with van der Waals surface area (Å²) in [4.78, 5) is 68.4. The van der Waals surface area contributed by atoms with Crippen molar-refractivity contribution in [2.45, 2.75) is 0 Å². The zero-order valence-electron chi connectivity index (χ0n) is 15.0.